The summed E-state index contributed by atoms with van der Waals surface area (Å²) in [5.41, 5.74) is 2.54. The van der Waals surface area contributed by atoms with Crippen molar-refractivity contribution in [1.82, 2.24) is 0 Å². The molecule has 1 aliphatic rings. The molecule has 0 aromatic heterocycles. The molecule has 2 nitrogen and oxygen atoms in total. The van der Waals surface area contributed by atoms with Gasteiger partial charge in [0.15, 0.2) is 0 Å². The third-order valence-corrected chi connectivity index (χ3v) is 2.90. The molecule has 1 fully saturated rings. The lowest BCUT2D eigenvalue weighted by molar-refractivity contribution is 0.185. The molecule has 76 valence electrons. The van der Waals surface area contributed by atoms with Crippen LogP contribution in [0, 0.1) is 0 Å². The molecule has 1 N–H and O–H groups in total. The van der Waals surface area contributed by atoms with E-state index in [-0.39, 0.29) is 6.23 Å². The number of hydrogen-bond donors (Lipinski definition) is 1. The van der Waals surface area contributed by atoms with E-state index in [1.165, 1.54) is 11.3 Å². The number of aliphatic hydroxyl groups is 1. The van der Waals surface area contributed by atoms with Crippen LogP contribution in [0.15, 0.2) is 24.3 Å². The van der Waals surface area contributed by atoms with Crippen LogP contribution >= 0.6 is 0 Å². The number of aryl methyl sites for hydroxylation is 1. The predicted molar refractivity (Wildman–Crippen MR) is 58.4 cm³/mol. The third kappa shape index (κ3) is 1.62. The summed E-state index contributed by atoms with van der Waals surface area (Å²) in [4.78, 5) is 2.11. The van der Waals surface area contributed by atoms with Gasteiger partial charge in [-0.1, -0.05) is 25.1 Å². The average Bonchev–Trinajstić information content (AvgIpc) is 2.64. The Morgan fingerprint density at radius 3 is 2.86 bits per heavy atom. The zero-order chi connectivity index (χ0) is 9.97. The Balaban J connectivity index is 2.30. The minimum absolute atomic E-state index is 0.275. The molecule has 14 heavy (non-hydrogen) atoms. The molecular formula is C12H17NO. The van der Waals surface area contributed by atoms with Gasteiger partial charge in [0.1, 0.15) is 6.23 Å². The van der Waals surface area contributed by atoms with Crippen molar-refractivity contribution < 1.29 is 5.11 Å². The normalized spacial score (nSPS) is 21.6. The maximum absolute atomic E-state index is 9.79. The lowest BCUT2D eigenvalue weighted by Crippen LogP contribution is -2.29. The van der Waals surface area contributed by atoms with Gasteiger partial charge < -0.3 is 10.0 Å². The topological polar surface area (TPSA) is 23.5 Å². The van der Waals surface area contributed by atoms with Crippen LogP contribution in [0.5, 0.6) is 0 Å². The Labute approximate surface area is 85.2 Å². The van der Waals surface area contributed by atoms with Gasteiger partial charge in [-0.3, -0.25) is 0 Å². The van der Waals surface area contributed by atoms with Crippen molar-refractivity contribution in [1.29, 1.82) is 0 Å². The van der Waals surface area contributed by atoms with E-state index in [0.29, 0.717) is 0 Å². The molecule has 1 atom stereocenters. The van der Waals surface area contributed by atoms with Crippen molar-refractivity contribution in [2.24, 2.45) is 0 Å². The molecule has 0 aliphatic carbocycles. The summed E-state index contributed by atoms with van der Waals surface area (Å²) in [6, 6.07) is 8.35. The fourth-order valence-electron chi connectivity index (χ4n) is 2.12. The van der Waals surface area contributed by atoms with Crippen molar-refractivity contribution in [3.05, 3.63) is 29.8 Å². The Bertz CT molecular complexity index is 311. The van der Waals surface area contributed by atoms with E-state index in [4.69, 9.17) is 0 Å². The first-order valence-corrected chi connectivity index (χ1v) is 5.35. The molecule has 0 bridgehead atoms. The van der Waals surface area contributed by atoms with Crippen LogP contribution in [0.2, 0.25) is 0 Å². The van der Waals surface area contributed by atoms with Gasteiger partial charge in [-0.2, -0.15) is 0 Å². The number of benzene rings is 1. The van der Waals surface area contributed by atoms with Crippen LogP contribution < -0.4 is 4.90 Å². The highest BCUT2D eigenvalue weighted by molar-refractivity contribution is 5.54. The minimum atomic E-state index is -0.275. The highest BCUT2D eigenvalue weighted by atomic mass is 16.3. The average molecular weight is 191 g/mol. The minimum Gasteiger partial charge on any atom is -0.374 e. The van der Waals surface area contributed by atoms with Crippen molar-refractivity contribution in [2.75, 3.05) is 11.4 Å². The largest absolute Gasteiger partial charge is 0.374 e. The lowest BCUT2D eigenvalue weighted by Gasteiger charge is -2.24. The molecule has 1 saturated heterocycles. The molecule has 2 heteroatoms. The van der Waals surface area contributed by atoms with Gasteiger partial charge in [0.25, 0.3) is 0 Å². The van der Waals surface area contributed by atoms with Gasteiger partial charge in [-0.15, -0.1) is 0 Å². The molecule has 0 spiro atoms. The van der Waals surface area contributed by atoms with E-state index in [1.54, 1.807) is 0 Å². The van der Waals surface area contributed by atoms with E-state index in [2.05, 4.69) is 30.0 Å². The Kier molecular flexibility index (Phi) is 2.73. The van der Waals surface area contributed by atoms with E-state index >= 15 is 0 Å². The summed E-state index contributed by atoms with van der Waals surface area (Å²) < 4.78 is 0. The fourth-order valence-corrected chi connectivity index (χ4v) is 2.12. The molecule has 1 heterocycles. The van der Waals surface area contributed by atoms with Gasteiger partial charge in [-0.25, -0.2) is 0 Å². The molecule has 1 unspecified atom stereocenters. The third-order valence-electron chi connectivity index (χ3n) is 2.90. The van der Waals surface area contributed by atoms with Crippen LogP contribution in [0.1, 0.15) is 25.3 Å². The molecule has 1 aliphatic heterocycles. The van der Waals surface area contributed by atoms with Crippen LogP contribution in [0.4, 0.5) is 5.69 Å². The zero-order valence-corrected chi connectivity index (χ0v) is 8.61. The molecule has 0 saturated carbocycles. The number of rotatable bonds is 2. The smallest absolute Gasteiger partial charge is 0.126 e. The second kappa shape index (κ2) is 4.01. The number of aliphatic hydroxyl groups excluding tert-OH is 1. The SMILES string of the molecule is CCc1ccccc1N1CCCC1O. The molecule has 1 aromatic rings. The van der Waals surface area contributed by atoms with E-state index in [9.17, 15) is 5.11 Å². The lowest BCUT2D eigenvalue weighted by atomic mass is 10.1. The van der Waals surface area contributed by atoms with Crippen molar-refractivity contribution >= 4 is 5.69 Å². The van der Waals surface area contributed by atoms with E-state index < -0.39 is 0 Å². The van der Waals surface area contributed by atoms with E-state index in [0.717, 1.165) is 25.8 Å². The Hall–Kier alpha value is -1.02. The first-order valence-electron chi connectivity index (χ1n) is 5.35. The van der Waals surface area contributed by atoms with Gasteiger partial charge in [0, 0.05) is 12.2 Å². The quantitative estimate of drug-likeness (QED) is 0.774. The first-order chi connectivity index (χ1) is 6.83. The predicted octanol–water partition coefficient (Wildman–Crippen LogP) is 2.17. The number of anilines is 1. The highest BCUT2D eigenvalue weighted by Gasteiger charge is 2.23. The summed E-state index contributed by atoms with van der Waals surface area (Å²) in [6.07, 6.45) is 2.75. The number of nitrogens with zero attached hydrogens (tertiary/aromatic N) is 1. The second-order valence-electron chi connectivity index (χ2n) is 3.80. The van der Waals surface area contributed by atoms with Crippen molar-refractivity contribution in [2.45, 2.75) is 32.4 Å². The summed E-state index contributed by atoms with van der Waals surface area (Å²) in [5, 5.41) is 9.79. The van der Waals surface area contributed by atoms with Crippen LogP contribution in [0.25, 0.3) is 0 Å². The Morgan fingerprint density at radius 2 is 2.21 bits per heavy atom. The summed E-state index contributed by atoms with van der Waals surface area (Å²) in [6.45, 7) is 3.14. The molecule has 1 aromatic carbocycles. The monoisotopic (exact) mass is 191 g/mol. The number of hydrogen-bond acceptors (Lipinski definition) is 2. The van der Waals surface area contributed by atoms with Crippen molar-refractivity contribution in [3.63, 3.8) is 0 Å². The van der Waals surface area contributed by atoms with Gasteiger partial charge in [0.2, 0.25) is 0 Å². The Morgan fingerprint density at radius 1 is 1.43 bits per heavy atom. The fraction of sp³-hybridized carbons (Fsp3) is 0.500. The van der Waals surface area contributed by atoms with Crippen LogP contribution in [0.3, 0.4) is 0 Å². The van der Waals surface area contributed by atoms with Gasteiger partial charge in [-0.05, 0) is 30.9 Å². The zero-order valence-electron chi connectivity index (χ0n) is 8.61. The van der Waals surface area contributed by atoms with Gasteiger partial charge >= 0.3 is 0 Å². The summed E-state index contributed by atoms with van der Waals surface area (Å²) in [7, 11) is 0. The summed E-state index contributed by atoms with van der Waals surface area (Å²) in [5.74, 6) is 0. The number of para-hydroxylation sites is 1. The van der Waals surface area contributed by atoms with Crippen LogP contribution in [-0.4, -0.2) is 17.9 Å². The standard InChI is InChI=1S/C12H17NO/c1-2-10-6-3-4-7-11(10)13-9-5-8-12(13)14/h3-4,6-7,12,14H,2,5,8-9H2,1H3. The maximum atomic E-state index is 9.79. The van der Waals surface area contributed by atoms with Crippen molar-refractivity contribution in [3.8, 4) is 0 Å². The maximum Gasteiger partial charge on any atom is 0.126 e. The van der Waals surface area contributed by atoms with Crippen LogP contribution in [-0.2, 0) is 6.42 Å². The molecule has 2 rings (SSSR count). The highest BCUT2D eigenvalue weighted by Crippen LogP contribution is 2.27. The summed E-state index contributed by atoms with van der Waals surface area (Å²) >= 11 is 0. The van der Waals surface area contributed by atoms with Gasteiger partial charge in [0.05, 0.1) is 0 Å². The van der Waals surface area contributed by atoms with E-state index in [1.807, 2.05) is 6.07 Å². The molecule has 0 radical (unpaired) electrons. The second-order valence-corrected chi connectivity index (χ2v) is 3.80. The first kappa shape index (κ1) is 9.53. The molecule has 0 amide bonds. The molecular weight excluding hydrogens is 174 g/mol.